The molecule has 0 spiro atoms. The van der Waals surface area contributed by atoms with E-state index in [1.807, 2.05) is 18.5 Å². The van der Waals surface area contributed by atoms with Crippen LogP contribution in [0.5, 0.6) is 0 Å². The quantitative estimate of drug-likeness (QED) is 0.605. The fourth-order valence-electron chi connectivity index (χ4n) is 5.51. The van der Waals surface area contributed by atoms with E-state index in [0.717, 1.165) is 83.3 Å². The monoisotopic (exact) mass is 450 g/mol. The van der Waals surface area contributed by atoms with Crippen molar-refractivity contribution in [3.8, 4) is 0 Å². The zero-order chi connectivity index (χ0) is 20.6. The number of pyridine rings is 1. The number of rotatable bonds is 9. The highest BCUT2D eigenvalue weighted by atomic mass is 35.5. The van der Waals surface area contributed by atoms with Gasteiger partial charge >= 0.3 is 0 Å². The van der Waals surface area contributed by atoms with Gasteiger partial charge in [-0.2, -0.15) is 0 Å². The van der Waals surface area contributed by atoms with Gasteiger partial charge in [0.2, 0.25) is 5.91 Å². The van der Waals surface area contributed by atoms with E-state index in [1.54, 1.807) is 0 Å². The minimum absolute atomic E-state index is 0. The lowest BCUT2D eigenvalue weighted by molar-refractivity contribution is -0.121. The number of ether oxygens (including phenoxy) is 1. The molecule has 3 aliphatic rings. The van der Waals surface area contributed by atoms with Crippen LogP contribution >= 0.6 is 12.4 Å². The van der Waals surface area contributed by atoms with Gasteiger partial charge in [0.25, 0.3) is 0 Å². The Kier molecular flexibility index (Phi) is 10.0. The molecule has 1 aromatic rings. The van der Waals surface area contributed by atoms with E-state index in [0.29, 0.717) is 18.4 Å². The molecule has 2 unspecified atom stereocenters. The lowest BCUT2D eigenvalue weighted by Gasteiger charge is -2.46. The van der Waals surface area contributed by atoms with Crippen molar-refractivity contribution in [2.45, 2.75) is 57.5 Å². The maximum Gasteiger partial charge on any atom is 0.219 e. The van der Waals surface area contributed by atoms with Crippen LogP contribution in [0.2, 0.25) is 0 Å². The first-order chi connectivity index (χ1) is 14.8. The standard InChI is InChI=1S/C24H38N4O2.ClH/c29-24(26-10-6-19-7-11-30-12-8-19)5-1-4-23-22-13-21(15-27-23)17-28(18-22)16-20-3-2-9-25-14-20;/h2-3,9,14,19,21-23,27H,1,4-8,10-13,15-18H2,(H,26,29);1H/t21?,22?,23-;/m1./s1. The van der Waals surface area contributed by atoms with Gasteiger partial charge in [0.1, 0.15) is 0 Å². The molecule has 3 atom stereocenters. The summed E-state index contributed by atoms with van der Waals surface area (Å²) in [7, 11) is 0. The largest absolute Gasteiger partial charge is 0.381 e. The van der Waals surface area contributed by atoms with Crippen LogP contribution < -0.4 is 10.6 Å². The Labute approximate surface area is 193 Å². The van der Waals surface area contributed by atoms with E-state index >= 15 is 0 Å². The molecule has 3 saturated heterocycles. The van der Waals surface area contributed by atoms with Gasteiger partial charge in [0, 0.05) is 64.2 Å². The number of likely N-dealkylation sites (tertiary alicyclic amines) is 1. The molecule has 1 aromatic heterocycles. The molecule has 0 aromatic carbocycles. The van der Waals surface area contributed by atoms with Gasteiger partial charge < -0.3 is 15.4 Å². The number of halogens is 1. The third-order valence-electron chi connectivity index (χ3n) is 7.15. The number of carbonyl (C=O) groups excluding carboxylic acids is 1. The predicted octanol–water partition coefficient (Wildman–Crippen LogP) is 3.02. The molecule has 3 fully saturated rings. The molecule has 2 N–H and O–H groups in total. The summed E-state index contributed by atoms with van der Waals surface area (Å²) < 4.78 is 5.40. The number of hydrogen-bond acceptors (Lipinski definition) is 5. The van der Waals surface area contributed by atoms with Crippen LogP contribution in [0, 0.1) is 17.8 Å². The molecule has 4 heterocycles. The van der Waals surface area contributed by atoms with E-state index in [1.165, 1.54) is 18.5 Å². The van der Waals surface area contributed by atoms with E-state index < -0.39 is 0 Å². The van der Waals surface area contributed by atoms with Crippen molar-refractivity contribution in [3.63, 3.8) is 0 Å². The maximum atomic E-state index is 12.2. The van der Waals surface area contributed by atoms with Crippen LogP contribution in [0.1, 0.15) is 50.5 Å². The number of nitrogens with one attached hydrogen (secondary N) is 2. The Hall–Kier alpha value is -1.21. The number of nitrogens with zero attached hydrogens (tertiary/aromatic N) is 2. The second-order valence-electron chi connectivity index (χ2n) is 9.52. The number of aromatic nitrogens is 1. The van der Waals surface area contributed by atoms with Gasteiger partial charge in [-0.1, -0.05) is 6.07 Å². The summed E-state index contributed by atoms with van der Waals surface area (Å²) in [6.45, 7) is 7.04. The van der Waals surface area contributed by atoms with Crippen LogP contribution in [-0.2, 0) is 16.1 Å². The Morgan fingerprint density at radius 2 is 2.13 bits per heavy atom. The zero-order valence-corrected chi connectivity index (χ0v) is 19.5. The van der Waals surface area contributed by atoms with Gasteiger partial charge in [-0.05, 0) is 74.5 Å². The van der Waals surface area contributed by atoms with Crippen molar-refractivity contribution in [2.75, 3.05) is 39.4 Å². The molecule has 31 heavy (non-hydrogen) atoms. The summed E-state index contributed by atoms with van der Waals surface area (Å²) in [5, 5.41) is 6.91. The van der Waals surface area contributed by atoms with Gasteiger partial charge in [-0.15, -0.1) is 12.4 Å². The highest BCUT2D eigenvalue weighted by molar-refractivity contribution is 5.85. The molecule has 1 amide bonds. The summed E-state index contributed by atoms with van der Waals surface area (Å²) in [5.41, 5.74) is 1.31. The Bertz CT molecular complexity index is 656. The molecular weight excluding hydrogens is 412 g/mol. The van der Waals surface area contributed by atoms with Crippen molar-refractivity contribution in [1.29, 1.82) is 0 Å². The highest BCUT2D eigenvalue weighted by Gasteiger charge is 2.36. The summed E-state index contributed by atoms with van der Waals surface area (Å²) in [6.07, 6.45) is 11.3. The van der Waals surface area contributed by atoms with E-state index in [9.17, 15) is 4.79 Å². The second kappa shape index (κ2) is 12.7. The van der Waals surface area contributed by atoms with Crippen LogP contribution in [0.25, 0.3) is 0 Å². The van der Waals surface area contributed by atoms with Gasteiger partial charge in [-0.25, -0.2) is 0 Å². The lowest BCUT2D eigenvalue weighted by Crippen LogP contribution is -2.55. The van der Waals surface area contributed by atoms with Gasteiger partial charge in [-0.3, -0.25) is 14.7 Å². The average Bonchev–Trinajstić information content (AvgIpc) is 2.77. The zero-order valence-electron chi connectivity index (χ0n) is 18.6. The highest BCUT2D eigenvalue weighted by Crippen LogP contribution is 2.31. The smallest absolute Gasteiger partial charge is 0.219 e. The average molecular weight is 451 g/mol. The summed E-state index contributed by atoms with van der Waals surface area (Å²) >= 11 is 0. The molecule has 0 aliphatic carbocycles. The Morgan fingerprint density at radius 3 is 2.94 bits per heavy atom. The van der Waals surface area contributed by atoms with Crippen LogP contribution in [0.3, 0.4) is 0 Å². The van der Waals surface area contributed by atoms with E-state index in [-0.39, 0.29) is 18.3 Å². The Morgan fingerprint density at radius 1 is 1.26 bits per heavy atom. The maximum absolute atomic E-state index is 12.2. The number of fused-ring (bicyclic) bond motifs is 2. The van der Waals surface area contributed by atoms with Crippen LogP contribution in [-0.4, -0.2) is 61.2 Å². The molecular formula is C24H39ClN4O2. The summed E-state index contributed by atoms with van der Waals surface area (Å²) in [6, 6.07) is 4.75. The van der Waals surface area contributed by atoms with Crippen LogP contribution in [0.15, 0.2) is 24.5 Å². The molecule has 0 saturated carbocycles. The third-order valence-corrected chi connectivity index (χ3v) is 7.15. The van der Waals surface area contributed by atoms with Crippen molar-refractivity contribution in [1.82, 2.24) is 20.5 Å². The summed E-state index contributed by atoms with van der Waals surface area (Å²) in [5.74, 6) is 2.40. The van der Waals surface area contributed by atoms with Crippen molar-refractivity contribution < 1.29 is 9.53 Å². The van der Waals surface area contributed by atoms with Crippen LogP contribution in [0.4, 0.5) is 0 Å². The number of piperidine rings is 2. The first-order valence-electron chi connectivity index (χ1n) is 12.0. The fourth-order valence-corrected chi connectivity index (χ4v) is 5.51. The van der Waals surface area contributed by atoms with Gasteiger partial charge in [0.05, 0.1) is 0 Å². The molecule has 174 valence electrons. The normalized spacial score (nSPS) is 26.8. The minimum atomic E-state index is 0. The molecule has 3 aliphatic heterocycles. The topological polar surface area (TPSA) is 66.5 Å². The first kappa shape index (κ1) is 24.4. The molecule has 0 radical (unpaired) electrons. The molecule has 2 bridgehead atoms. The van der Waals surface area contributed by atoms with Crippen molar-refractivity contribution in [2.24, 2.45) is 17.8 Å². The summed E-state index contributed by atoms with van der Waals surface area (Å²) in [4.78, 5) is 19.1. The van der Waals surface area contributed by atoms with Gasteiger partial charge in [0.15, 0.2) is 0 Å². The molecule has 6 nitrogen and oxygen atoms in total. The number of carbonyl (C=O) groups is 1. The van der Waals surface area contributed by atoms with Crippen molar-refractivity contribution in [3.05, 3.63) is 30.1 Å². The number of hydrogen-bond donors (Lipinski definition) is 2. The number of amides is 1. The van der Waals surface area contributed by atoms with E-state index in [2.05, 4.69) is 26.6 Å². The fraction of sp³-hybridized carbons (Fsp3) is 0.750. The molecule has 7 heteroatoms. The first-order valence-corrected chi connectivity index (χ1v) is 12.0. The second-order valence-corrected chi connectivity index (χ2v) is 9.52. The minimum Gasteiger partial charge on any atom is -0.381 e. The van der Waals surface area contributed by atoms with Crippen molar-refractivity contribution >= 4 is 18.3 Å². The molecule has 4 rings (SSSR count). The Balaban J connectivity index is 0.00000272. The predicted molar refractivity (Wildman–Crippen MR) is 125 cm³/mol. The lowest BCUT2D eigenvalue weighted by atomic mass is 9.79. The van der Waals surface area contributed by atoms with E-state index in [4.69, 9.17) is 4.74 Å². The third kappa shape index (κ3) is 7.70. The SMILES string of the molecule is Cl.O=C(CCC[C@H]1NCC2CC1CN(Cc1cccnc1)C2)NCCC1CCOCC1.